The zero-order valence-corrected chi connectivity index (χ0v) is 14.7. The predicted octanol–water partition coefficient (Wildman–Crippen LogP) is 2.84. The third kappa shape index (κ3) is 4.22. The lowest BCUT2D eigenvalue weighted by Gasteiger charge is -2.12. The van der Waals surface area contributed by atoms with Crippen LogP contribution in [0.3, 0.4) is 0 Å². The Morgan fingerprint density at radius 1 is 1.25 bits per heavy atom. The van der Waals surface area contributed by atoms with E-state index in [0.29, 0.717) is 17.2 Å². The molecule has 6 nitrogen and oxygen atoms in total. The number of hydrogen-bond acceptors (Lipinski definition) is 4. The summed E-state index contributed by atoms with van der Waals surface area (Å²) in [7, 11) is 3.35. The van der Waals surface area contributed by atoms with Crippen LogP contribution in [0.15, 0.2) is 24.3 Å². The van der Waals surface area contributed by atoms with E-state index in [4.69, 9.17) is 4.74 Å². The third-order valence-electron chi connectivity index (χ3n) is 3.51. The fourth-order valence-electron chi connectivity index (χ4n) is 2.26. The maximum absolute atomic E-state index is 12.3. The van der Waals surface area contributed by atoms with Gasteiger partial charge in [-0.1, -0.05) is 19.9 Å². The van der Waals surface area contributed by atoms with Gasteiger partial charge in [0.25, 0.3) is 5.91 Å². The van der Waals surface area contributed by atoms with Gasteiger partial charge in [-0.15, -0.1) is 0 Å². The number of benzene rings is 1. The average molecular weight is 329 g/mol. The minimum Gasteiger partial charge on any atom is -0.421 e. The highest BCUT2D eigenvalue weighted by Crippen LogP contribution is 2.21. The van der Waals surface area contributed by atoms with Crippen molar-refractivity contribution < 1.29 is 14.3 Å². The molecule has 0 saturated carbocycles. The van der Waals surface area contributed by atoms with Gasteiger partial charge in [0.15, 0.2) is 5.69 Å². The number of rotatable bonds is 5. The number of nitrogens with one attached hydrogen (secondary N) is 1. The van der Waals surface area contributed by atoms with Gasteiger partial charge < -0.3 is 9.64 Å². The summed E-state index contributed by atoms with van der Waals surface area (Å²) in [5.74, 6) is 0.136. The molecule has 0 atom stereocenters. The smallest absolute Gasteiger partial charge is 0.364 e. The van der Waals surface area contributed by atoms with Gasteiger partial charge in [0, 0.05) is 25.4 Å². The fourth-order valence-corrected chi connectivity index (χ4v) is 2.26. The van der Waals surface area contributed by atoms with Gasteiger partial charge in [-0.05, 0) is 43.0 Å². The maximum Gasteiger partial charge on any atom is 0.364 e. The van der Waals surface area contributed by atoms with Crippen LogP contribution in [-0.4, -0.2) is 41.1 Å². The molecule has 0 aliphatic carbocycles. The lowest BCUT2D eigenvalue weighted by atomic mass is 10.1. The van der Waals surface area contributed by atoms with E-state index >= 15 is 0 Å². The monoisotopic (exact) mass is 329 g/mol. The van der Waals surface area contributed by atoms with Crippen molar-refractivity contribution in [2.45, 2.75) is 27.2 Å². The molecule has 1 aromatic heterocycles. The lowest BCUT2D eigenvalue weighted by molar-refractivity contribution is 0.0724. The summed E-state index contributed by atoms with van der Waals surface area (Å²) >= 11 is 0. The molecule has 0 unspecified atom stereocenters. The topological polar surface area (TPSA) is 75.3 Å². The largest absolute Gasteiger partial charge is 0.421 e. The molecule has 0 aliphatic heterocycles. The second kappa shape index (κ2) is 7.29. The fraction of sp³-hybridized carbons (Fsp3) is 0.389. The van der Waals surface area contributed by atoms with Gasteiger partial charge in [-0.25, -0.2) is 4.79 Å². The normalized spacial score (nSPS) is 10.8. The van der Waals surface area contributed by atoms with Crippen molar-refractivity contribution in [3.05, 3.63) is 46.8 Å². The maximum atomic E-state index is 12.3. The molecule has 1 heterocycles. The molecule has 1 N–H and O–H groups in total. The number of aromatic nitrogens is 2. The summed E-state index contributed by atoms with van der Waals surface area (Å²) in [6.45, 7) is 6.01. The summed E-state index contributed by atoms with van der Waals surface area (Å²) in [4.78, 5) is 25.8. The number of carbonyl (C=O) groups is 2. The summed E-state index contributed by atoms with van der Waals surface area (Å²) in [6.07, 6.45) is 0.812. The number of esters is 1. The molecule has 2 aromatic rings. The Balaban J connectivity index is 2.18. The van der Waals surface area contributed by atoms with E-state index in [1.165, 1.54) is 4.90 Å². The molecular weight excluding hydrogens is 306 g/mol. The molecule has 6 heteroatoms. The number of amides is 1. The number of nitrogens with zero attached hydrogens (tertiary/aromatic N) is 2. The van der Waals surface area contributed by atoms with Crippen molar-refractivity contribution in [1.82, 2.24) is 15.1 Å². The molecule has 0 fully saturated rings. The molecule has 1 aromatic carbocycles. The highest BCUT2D eigenvalue weighted by atomic mass is 16.5. The molecule has 128 valence electrons. The summed E-state index contributed by atoms with van der Waals surface area (Å²) in [5, 5.41) is 6.86. The molecular formula is C18H23N3O3. The van der Waals surface area contributed by atoms with E-state index < -0.39 is 5.97 Å². The highest BCUT2D eigenvalue weighted by molar-refractivity contribution is 5.95. The van der Waals surface area contributed by atoms with Crippen LogP contribution in [-0.2, 0) is 6.42 Å². The first-order chi connectivity index (χ1) is 11.3. The quantitative estimate of drug-likeness (QED) is 0.676. The van der Waals surface area contributed by atoms with Gasteiger partial charge in [0.05, 0.1) is 0 Å². The van der Waals surface area contributed by atoms with Crippen LogP contribution < -0.4 is 4.74 Å². The number of aromatic amines is 1. The van der Waals surface area contributed by atoms with Gasteiger partial charge in [0.1, 0.15) is 5.75 Å². The Morgan fingerprint density at radius 2 is 1.96 bits per heavy atom. The van der Waals surface area contributed by atoms with Gasteiger partial charge in [-0.3, -0.25) is 9.89 Å². The van der Waals surface area contributed by atoms with Crippen LogP contribution in [0.2, 0.25) is 0 Å². The van der Waals surface area contributed by atoms with E-state index in [1.807, 2.05) is 6.92 Å². The second-order valence-electron chi connectivity index (χ2n) is 6.45. The number of hydrogen-bond donors (Lipinski definition) is 1. The first kappa shape index (κ1) is 17.7. The standard InChI is InChI=1S/C18H23N3O3/c1-11(2)8-14-10-15(20-19-14)18(23)24-16-9-13(7-6-12(16)3)17(22)21(4)5/h6-7,9-11H,8H2,1-5H3,(H,19,20). The van der Waals surface area contributed by atoms with Crippen LogP contribution in [0, 0.1) is 12.8 Å². The third-order valence-corrected chi connectivity index (χ3v) is 3.51. The lowest BCUT2D eigenvalue weighted by Crippen LogP contribution is -2.21. The van der Waals surface area contributed by atoms with Crippen LogP contribution >= 0.6 is 0 Å². The van der Waals surface area contributed by atoms with E-state index in [-0.39, 0.29) is 11.6 Å². The molecule has 0 radical (unpaired) electrons. The molecule has 1 amide bonds. The average Bonchev–Trinajstić information content (AvgIpc) is 2.96. The van der Waals surface area contributed by atoms with E-state index in [0.717, 1.165) is 17.7 Å². The minimum absolute atomic E-state index is 0.147. The van der Waals surface area contributed by atoms with Crippen LogP contribution in [0.25, 0.3) is 0 Å². The van der Waals surface area contributed by atoms with E-state index in [1.54, 1.807) is 38.4 Å². The first-order valence-corrected chi connectivity index (χ1v) is 7.86. The summed E-state index contributed by atoms with van der Waals surface area (Å²) < 4.78 is 5.43. The van der Waals surface area contributed by atoms with Gasteiger partial charge >= 0.3 is 5.97 Å². The van der Waals surface area contributed by atoms with Gasteiger partial charge in [-0.2, -0.15) is 5.10 Å². The molecule has 0 aliphatic rings. The SMILES string of the molecule is Cc1ccc(C(=O)N(C)C)cc1OC(=O)c1cc(CC(C)C)[nH]n1. The van der Waals surface area contributed by atoms with E-state index in [9.17, 15) is 9.59 Å². The summed E-state index contributed by atoms with van der Waals surface area (Å²) in [5.41, 5.74) is 2.37. The van der Waals surface area contributed by atoms with Crippen molar-refractivity contribution >= 4 is 11.9 Å². The molecule has 0 spiro atoms. The van der Waals surface area contributed by atoms with Gasteiger partial charge in [0.2, 0.25) is 0 Å². The zero-order valence-electron chi connectivity index (χ0n) is 14.7. The number of aryl methyl sites for hydroxylation is 1. The zero-order chi connectivity index (χ0) is 17.9. The van der Waals surface area contributed by atoms with Crippen molar-refractivity contribution in [3.63, 3.8) is 0 Å². The minimum atomic E-state index is -0.543. The van der Waals surface area contributed by atoms with E-state index in [2.05, 4.69) is 24.0 Å². The van der Waals surface area contributed by atoms with Crippen molar-refractivity contribution in [2.75, 3.05) is 14.1 Å². The summed E-state index contributed by atoms with van der Waals surface area (Å²) in [6, 6.07) is 6.75. The predicted molar refractivity (Wildman–Crippen MR) is 91.3 cm³/mol. The molecule has 0 bridgehead atoms. The van der Waals surface area contributed by atoms with Crippen molar-refractivity contribution in [3.8, 4) is 5.75 Å². The van der Waals surface area contributed by atoms with Crippen molar-refractivity contribution in [1.29, 1.82) is 0 Å². The molecule has 24 heavy (non-hydrogen) atoms. The molecule has 2 rings (SSSR count). The van der Waals surface area contributed by atoms with Crippen LogP contribution in [0.4, 0.5) is 0 Å². The number of ether oxygens (including phenoxy) is 1. The first-order valence-electron chi connectivity index (χ1n) is 7.86. The Morgan fingerprint density at radius 3 is 2.58 bits per heavy atom. The highest BCUT2D eigenvalue weighted by Gasteiger charge is 2.17. The second-order valence-corrected chi connectivity index (χ2v) is 6.45. The Hall–Kier alpha value is -2.63. The Labute approximate surface area is 141 Å². The number of H-pyrrole nitrogens is 1. The molecule has 0 saturated heterocycles. The van der Waals surface area contributed by atoms with Crippen LogP contribution in [0.1, 0.15) is 46.0 Å². The van der Waals surface area contributed by atoms with Crippen LogP contribution in [0.5, 0.6) is 5.75 Å². The Bertz CT molecular complexity index is 748. The Kier molecular flexibility index (Phi) is 5.39. The van der Waals surface area contributed by atoms with Crippen molar-refractivity contribution in [2.24, 2.45) is 5.92 Å². The number of carbonyl (C=O) groups excluding carboxylic acids is 2.